The summed E-state index contributed by atoms with van der Waals surface area (Å²) < 4.78 is 24.6. The molecule has 0 N–H and O–H groups in total. The first-order valence-electron chi connectivity index (χ1n) is 9.14. The standard InChI is InChI=1S/C18H29N3O3S/c1-18(2,3)16-4-5-17(22)21(19-16)13-15-11-20(12-15)10-14-6-8-25(23,24)9-7-14/h4-5,14-15H,6-13H2,1-3H3. The van der Waals surface area contributed by atoms with Crippen LogP contribution in [0.15, 0.2) is 16.9 Å². The van der Waals surface area contributed by atoms with Gasteiger partial charge in [-0.3, -0.25) is 4.79 Å². The molecule has 0 saturated carbocycles. The summed E-state index contributed by atoms with van der Waals surface area (Å²) >= 11 is 0. The van der Waals surface area contributed by atoms with Crippen LogP contribution in [0.25, 0.3) is 0 Å². The van der Waals surface area contributed by atoms with Gasteiger partial charge in [-0.15, -0.1) is 0 Å². The van der Waals surface area contributed by atoms with Gasteiger partial charge in [0.15, 0.2) is 0 Å². The molecule has 140 valence electrons. The smallest absolute Gasteiger partial charge is 0.266 e. The third kappa shape index (κ3) is 4.70. The van der Waals surface area contributed by atoms with Gasteiger partial charge in [-0.25, -0.2) is 13.1 Å². The molecule has 0 radical (unpaired) electrons. The quantitative estimate of drug-likeness (QED) is 0.802. The lowest BCUT2D eigenvalue weighted by atomic mass is 9.92. The van der Waals surface area contributed by atoms with E-state index in [9.17, 15) is 13.2 Å². The van der Waals surface area contributed by atoms with Gasteiger partial charge in [-0.2, -0.15) is 5.10 Å². The highest BCUT2D eigenvalue weighted by Gasteiger charge is 2.32. The summed E-state index contributed by atoms with van der Waals surface area (Å²) in [5.41, 5.74) is 0.832. The highest BCUT2D eigenvalue weighted by molar-refractivity contribution is 7.91. The predicted octanol–water partition coefficient (Wildman–Crippen LogP) is 1.30. The fourth-order valence-corrected chi connectivity index (χ4v) is 5.24. The molecular weight excluding hydrogens is 338 g/mol. The number of hydrogen-bond donors (Lipinski definition) is 0. The van der Waals surface area contributed by atoms with Crippen LogP contribution < -0.4 is 5.56 Å². The Bertz CT molecular complexity index is 759. The first kappa shape index (κ1) is 18.6. The summed E-state index contributed by atoms with van der Waals surface area (Å²) in [6.07, 6.45) is 1.58. The van der Waals surface area contributed by atoms with Crippen LogP contribution >= 0.6 is 0 Å². The summed E-state index contributed by atoms with van der Waals surface area (Å²) in [6, 6.07) is 3.44. The van der Waals surface area contributed by atoms with Gasteiger partial charge in [0, 0.05) is 37.0 Å². The van der Waals surface area contributed by atoms with Gasteiger partial charge in [-0.05, 0) is 24.8 Å². The number of hydrogen-bond acceptors (Lipinski definition) is 5. The number of likely N-dealkylation sites (tertiary alicyclic amines) is 1. The lowest BCUT2D eigenvalue weighted by Crippen LogP contribution is -2.51. The normalized spacial score (nSPS) is 22.7. The molecule has 6 nitrogen and oxygen atoms in total. The van der Waals surface area contributed by atoms with E-state index in [1.807, 2.05) is 6.07 Å². The van der Waals surface area contributed by atoms with Crippen LogP contribution in [0.4, 0.5) is 0 Å². The van der Waals surface area contributed by atoms with Gasteiger partial charge in [0.1, 0.15) is 9.84 Å². The Kier molecular flexibility index (Phi) is 5.08. The van der Waals surface area contributed by atoms with E-state index in [-0.39, 0.29) is 11.0 Å². The highest BCUT2D eigenvalue weighted by Crippen LogP contribution is 2.25. The zero-order valence-corrected chi connectivity index (χ0v) is 16.3. The fraction of sp³-hybridized carbons (Fsp3) is 0.778. The van der Waals surface area contributed by atoms with Crippen LogP contribution in [-0.4, -0.2) is 54.2 Å². The molecule has 3 heterocycles. The van der Waals surface area contributed by atoms with E-state index in [4.69, 9.17) is 0 Å². The molecule has 2 fully saturated rings. The largest absolute Gasteiger partial charge is 0.302 e. The summed E-state index contributed by atoms with van der Waals surface area (Å²) in [5, 5.41) is 4.54. The van der Waals surface area contributed by atoms with Gasteiger partial charge in [-0.1, -0.05) is 20.8 Å². The molecule has 2 saturated heterocycles. The molecule has 2 aliphatic rings. The van der Waals surface area contributed by atoms with E-state index in [2.05, 4.69) is 30.8 Å². The molecule has 0 amide bonds. The van der Waals surface area contributed by atoms with Crippen LogP contribution in [-0.2, 0) is 21.8 Å². The second kappa shape index (κ2) is 6.83. The van der Waals surface area contributed by atoms with E-state index in [1.54, 1.807) is 10.7 Å². The summed E-state index contributed by atoms with van der Waals surface area (Å²) in [4.78, 5) is 14.4. The van der Waals surface area contributed by atoms with Crippen LogP contribution in [0.3, 0.4) is 0 Å². The minimum absolute atomic E-state index is 0.0380. The Labute approximate surface area is 150 Å². The average Bonchev–Trinajstić information content (AvgIpc) is 2.47. The minimum atomic E-state index is -2.78. The summed E-state index contributed by atoms with van der Waals surface area (Å²) in [6.45, 7) is 9.88. The highest BCUT2D eigenvalue weighted by atomic mass is 32.2. The lowest BCUT2D eigenvalue weighted by Gasteiger charge is -2.41. The van der Waals surface area contributed by atoms with Crippen molar-refractivity contribution < 1.29 is 8.42 Å². The Morgan fingerprint density at radius 3 is 2.32 bits per heavy atom. The molecule has 0 aromatic carbocycles. The third-order valence-corrected chi connectivity index (χ3v) is 7.01. The lowest BCUT2D eigenvalue weighted by molar-refractivity contribution is 0.0652. The first-order valence-corrected chi connectivity index (χ1v) is 11.0. The van der Waals surface area contributed by atoms with Gasteiger partial charge in [0.05, 0.1) is 23.7 Å². The van der Waals surface area contributed by atoms with Gasteiger partial charge >= 0.3 is 0 Å². The number of aromatic nitrogens is 2. The predicted molar refractivity (Wildman–Crippen MR) is 98.5 cm³/mol. The van der Waals surface area contributed by atoms with Crippen molar-refractivity contribution in [1.29, 1.82) is 0 Å². The van der Waals surface area contributed by atoms with Crippen LogP contribution in [0.1, 0.15) is 39.3 Å². The Balaban J connectivity index is 1.50. The maximum atomic E-state index is 12.1. The second-order valence-corrected chi connectivity index (χ2v) is 11.0. The zero-order valence-electron chi connectivity index (χ0n) is 15.4. The molecule has 7 heteroatoms. The van der Waals surface area contributed by atoms with Gasteiger partial charge in [0.25, 0.3) is 5.56 Å². The molecule has 2 aliphatic heterocycles. The van der Waals surface area contributed by atoms with Crippen molar-refractivity contribution in [3.05, 3.63) is 28.2 Å². The molecular formula is C18H29N3O3S. The molecule has 0 spiro atoms. The fourth-order valence-electron chi connectivity index (χ4n) is 3.65. The third-order valence-electron chi connectivity index (χ3n) is 5.29. The van der Waals surface area contributed by atoms with E-state index in [1.165, 1.54) is 0 Å². The number of nitrogens with zero attached hydrogens (tertiary/aromatic N) is 3. The average molecular weight is 368 g/mol. The van der Waals surface area contributed by atoms with E-state index < -0.39 is 9.84 Å². The Morgan fingerprint density at radius 2 is 1.72 bits per heavy atom. The SMILES string of the molecule is CC(C)(C)c1ccc(=O)n(CC2CN(CC3CCS(=O)(=O)CC3)C2)n1. The molecule has 0 atom stereocenters. The minimum Gasteiger partial charge on any atom is -0.302 e. The van der Waals surface area contributed by atoms with Crippen LogP contribution in [0, 0.1) is 11.8 Å². The number of rotatable bonds is 4. The van der Waals surface area contributed by atoms with E-state index >= 15 is 0 Å². The van der Waals surface area contributed by atoms with Crippen LogP contribution in [0.2, 0.25) is 0 Å². The Morgan fingerprint density at radius 1 is 1.08 bits per heavy atom. The number of sulfone groups is 1. The zero-order chi connectivity index (χ0) is 18.2. The second-order valence-electron chi connectivity index (χ2n) is 8.67. The molecule has 25 heavy (non-hydrogen) atoms. The van der Waals surface area contributed by atoms with Crippen LogP contribution in [0.5, 0.6) is 0 Å². The van der Waals surface area contributed by atoms with E-state index in [0.29, 0.717) is 29.9 Å². The maximum Gasteiger partial charge on any atom is 0.266 e. The molecule has 3 rings (SSSR count). The topological polar surface area (TPSA) is 72.3 Å². The van der Waals surface area contributed by atoms with Crippen molar-refractivity contribution in [3.8, 4) is 0 Å². The van der Waals surface area contributed by atoms with Gasteiger partial charge in [0.2, 0.25) is 0 Å². The molecule has 0 bridgehead atoms. The van der Waals surface area contributed by atoms with Crippen molar-refractivity contribution in [2.75, 3.05) is 31.1 Å². The van der Waals surface area contributed by atoms with Crippen molar-refractivity contribution in [2.45, 2.75) is 45.6 Å². The summed E-state index contributed by atoms with van der Waals surface area (Å²) in [7, 11) is -2.78. The monoisotopic (exact) mass is 367 g/mol. The molecule has 1 aromatic rings. The molecule has 0 aliphatic carbocycles. The van der Waals surface area contributed by atoms with Crippen molar-refractivity contribution in [2.24, 2.45) is 11.8 Å². The first-order chi connectivity index (χ1) is 11.6. The van der Waals surface area contributed by atoms with Crippen molar-refractivity contribution in [3.63, 3.8) is 0 Å². The maximum absolute atomic E-state index is 12.1. The molecule has 1 aromatic heterocycles. The van der Waals surface area contributed by atoms with Crippen molar-refractivity contribution >= 4 is 9.84 Å². The Hall–Kier alpha value is -1.21. The summed E-state index contributed by atoms with van der Waals surface area (Å²) in [5.74, 6) is 1.63. The van der Waals surface area contributed by atoms with Crippen molar-refractivity contribution in [1.82, 2.24) is 14.7 Å². The van der Waals surface area contributed by atoms with E-state index in [0.717, 1.165) is 38.2 Å². The van der Waals surface area contributed by atoms with Gasteiger partial charge < -0.3 is 4.90 Å². The molecule has 0 unspecified atom stereocenters.